The summed E-state index contributed by atoms with van der Waals surface area (Å²) in [5, 5.41) is 0. The number of hydrogen-bond acceptors (Lipinski definition) is 4. The first kappa shape index (κ1) is 12.5. The maximum absolute atomic E-state index is 11.3. The maximum atomic E-state index is 11.3. The lowest BCUT2D eigenvalue weighted by Crippen LogP contribution is -2.45. The number of nitrogens with two attached hydrogens (primary N) is 1. The molecule has 1 aliphatic rings. The molecule has 4 nitrogen and oxygen atoms in total. The molecule has 1 rings (SSSR count). The topological polar surface area (TPSA) is 55.6 Å². The minimum absolute atomic E-state index is 0.0151. The summed E-state index contributed by atoms with van der Waals surface area (Å²) in [5.41, 5.74) is 5.79. The van der Waals surface area contributed by atoms with E-state index in [0.29, 0.717) is 13.0 Å². The Bertz CT molecular complexity index is 211. The second-order valence-corrected chi connectivity index (χ2v) is 4.39. The monoisotopic (exact) mass is 214 g/mol. The van der Waals surface area contributed by atoms with Gasteiger partial charge in [0.1, 0.15) is 0 Å². The van der Waals surface area contributed by atoms with Crippen LogP contribution in [0.1, 0.15) is 26.2 Å². The van der Waals surface area contributed by atoms with Crippen LogP contribution in [0.2, 0.25) is 0 Å². The summed E-state index contributed by atoms with van der Waals surface area (Å²) in [6, 6.07) is 0. The molecule has 4 heteroatoms. The lowest BCUT2D eigenvalue weighted by Gasteiger charge is -2.40. The van der Waals surface area contributed by atoms with E-state index >= 15 is 0 Å². The molecule has 0 unspecified atom stereocenters. The normalized spacial score (nSPS) is 21.3. The van der Waals surface area contributed by atoms with Gasteiger partial charge in [0.2, 0.25) is 0 Å². The average molecular weight is 214 g/mol. The number of hydrogen-bond donors (Lipinski definition) is 1. The number of nitrogens with zero attached hydrogens (tertiary/aromatic N) is 1. The van der Waals surface area contributed by atoms with Crippen molar-refractivity contribution in [3.8, 4) is 0 Å². The van der Waals surface area contributed by atoms with Gasteiger partial charge in [-0.1, -0.05) is 6.92 Å². The first-order chi connectivity index (χ1) is 7.15. The molecule has 1 saturated heterocycles. The summed E-state index contributed by atoms with van der Waals surface area (Å²) in [6.07, 6.45) is 2.48. The quantitative estimate of drug-likeness (QED) is 0.697. The molecule has 1 heterocycles. The minimum Gasteiger partial charge on any atom is -0.469 e. The van der Waals surface area contributed by atoms with E-state index in [4.69, 9.17) is 10.5 Å². The van der Waals surface area contributed by atoms with E-state index in [0.717, 1.165) is 32.5 Å². The lowest BCUT2D eigenvalue weighted by atomic mass is 9.76. The van der Waals surface area contributed by atoms with Crippen LogP contribution in [0.15, 0.2) is 0 Å². The molecule has 0 spiro atoms. The van der Waals surface area contributed by atoms with Gasteiger partial charge in [0.15, 0.2) is 0 Å². The van der Waals surface area contributed by atoms with Gasteiger partial charge in [-0.25, -0.2) is 0 Å². The van der Waals surface area contributed by atoms with Crippen molar-refractivity contribution in [2.75, 3.05) is 33.3 Å². The standard InChI is InChI=1S/C11H22N2O2/c1-3-13-6-4-11(9-12,5-7-13)8-10(14)15-2/h3-9,12H2,1-2H3. The molecule has 0 aromatic heterocycles. The van der Waals surface area contributed by atoms with Gasteiger partial charge in [-0.15, -0.1) is 0 Å². The van der Waals surface area contributed by atoms with Gasteiger partial charge in [0, 0.05) is 0 Å². The molecule has 1 fully saturated rings. The highest BCUT2D eigenvalue weighted by Crippen LogP contribution is 2.34. The van der Waals surface area contributed by atoms with E-state index < -0.39 is 0 Å². The van der Waals surface area contributed by atoms with Crippen molar-refractivity contribution >= 4 is 5.97 Å². The fourth-order valence-electron chi connectivity index (χ4n) is 2.18. The molecular weight excluding hydrogens is 192 g/mol. The van der Waals surface area contributed by atoms with Gasteiger partial charge in [-0.2, -0.15) is 0 Å². The second-order valence-electron chi connectivity index (χ2n) is 4.39. The number of carbonyl (C=O) groups excluding carboxylic acids is 1. The number of esters is 1. The second kappa shape index (κ2) is 5.47. The first-order valence-electron chi connectivity index (χ1n) is 5.65. The zero-order valence-corrected chi connectivity index (χ0v) is 9.79. The maximum Gasteiger partial charge on any atom is 0.306 e. The number of likely N-dealkylation sites (tertiary alicyclic amines) is 1. The molecule has 2 N–H and O–H groups in total. The van der Waals surface area contributed by atoms with Crippen LogP contribution in [-0.2, 0) is 9.53 Å². The van der Waals surface area contributed by atoms with Gasteiger partial charge < -0.3 is 15.4 Å². The molecule has 0 saturated carbocycles. The zero-order valence-electron chi connectivity index (χ0n) is 9.79. The molecular formula is C11H22N2O2. The van der Waals surface area contributed by atoms with Crippen LogP contribution >= 0.6 is 0 Å². The summed E-state index contributed by atoms with van der Waals surface area (Å²) in [6.45, 7) is 5.92. The van der Waals surface area contributed by atoms with E-state index in [2.05, 4.69) is 11.8 Å². The van der Waals surface area contributed by atoms with Crippen molar-refractivity contribution < 1.29 is 9.53 Å². The predicted molar refractivity (Wildman–Crippen MR) is 59.5 cm³/mol. The van der Waals surface area contributed by atoms with Crippen LogP contribution in [0.5, 0.6) is 0 Å². The van der Waals surface area contributed by atoms with E-state index in [-0.39, 0.29) is 11.4 Å². The van der Waals surface area contributed by atoms with Crippen LogP contribution in [-0.4, -0.2) is 44.2 Å². The lowest BCUT2D eigenvalue weighted by molar-refractivity contribution is -0.144. The van der Waals surface area contributed by atoms with Crippen molar-refractivity contribution in [1.82, 2.24) is 4.90 Å². The van der Waals surface area contributed by atoms with Crippen LogP contribution in [0.4, 0.5) is 0 Å². The highest BCUT2D eigenvalue weighted by Gasteiger charge is 2.35. The largest absolute Gasteiger partial charge is 0.469 e. The Kier molecular flexibility index (Phi) is 4.54. The summed E-state index contributed by atoms with van der Waals surface area (Å²) >= 11 is 0. The highest BCUT2D eigenvalue weighted by atomic mass is 16.5. The van der Waals surface area contributed by atoms with Crippen molar-refractivity contribution in [1.29, 1.82) is 0 Å². The Labute approximate surface area is 91.8 Å². The minimum atomic E-state index is -0.134. The van der Waals surface area contributed by atoms with Crippen molar-refractivity contribution in [3.63, 3.8) is 0 Å². The smallest absolute Gasteiger partial charge is 0.306 e. The number of rotatable bonds is 4. The molecule has 0 amide bonds. The first-order valence-corrected chi connectivity index (χ1v) is 5.65. The Balaban J connectivity index is 2.52. The van der Waals surface area contributed by atoms with Gasteiger partial charge in [-0.05, 0) is 44.4 Å². The van der Waals surface area contributed by atoms with Crippen molar-refractivity contribution in [3.05, 3.63) is 0 Å². The van der Waals surface area contributed by atoms with Crippen LogP contribution in [0.25, 0.3) is 0 Å². The summed E-state index contributed by atoms with van der Waals surface area (Å²) in [5.74, 6) is -0.134. The van der Waals surface area contributed by atoms with Crippen molar-refractivity contribution in [2.24, 2.45) is 11.1 Å². The van der Waals surface area contributed by atoms with Gasteiger partial charge in [-0.3, -0.25) is 4.79 Å². The van der Waals surface area contributed by atoms with E-state index in [1.54, 1.807) is 0 Å². The molecule has 0 aromatic rings. The molecule has 0 atom stereocenters. The van der Waals surface area contributed by atoms with Gasteiger partial charge in [0.05, 0.1) is 13.5 Å². The number of carbonyl (C=O) groups is 1. The van der Waals surface area contributed by atoms with Gasteiger partial charge in [0.25, 0.3) is 0 Å². The molecule has 0 bridgehead atoms. The molecule has 0 aliphatic carbocycles. The SMILES string of the molecule is CCN1CCC(CN)(CC(=O)OC)CC1. The average Bonchev–Trinajstić information content (AvgIpc) is 2.30. The fraction of sp³-hybridized carbons (Fsp3) is 0.909. The van der Waals surface area contributed by atoms with Crippen LogP contribution < -0.4 is 5.73 Å². The summed E-state index contributed by atoms with van der Waals surface area (Å²) < 4.78 is 4.72. The predicted octanol–water partition coefficient (Wildman–Crippen LogP) is 0.610. The van der Waals surface area contributed by atoms with Crippen LogP contribution in [0, 0.1) is 5.41 Å². The third kappa shape index (κ3) is 3.18. The van der Waals surface area contributed by atoms with E-state index in [9.17, 15) is 4.79 Å². The Morgan fingerprint density at radius 2 is 2.07 bits per heavy atom. The van der Waals surface area contributed by atoms with Crippen molar-refractivity contribution in [2.45, 2.75) is 26.2 Å². The number of piperidine rings is 1. The summed E-state index contributed by atoms with van der Waals surface area (Å²) in [7, 11) is 1.44. The Hall–Kier alpha value is -0.610. The Morgan fingerprint density at radius 1 is 1.47 bits per heavy atom. The number of methoxy groups -OCH3 is 1. The molecule has 15 heavy (non-hydrogen) atoms. The summed E-state index contributed by atoms with van der Waals surface area (Å²) in [4.78, 5) is 13.7. The van der Waals surface area contributed by atoms with E-state index in [1.807, 2.05) is 0 Å². The molecule has 0 aromatic carbocycles. The fourth-order valence-corrected chi connectivity index (χ4v) is 2.18. The van der Waals surface area contributed by atoms with E-state index in [1.165, 1.54) is 7.11 Å². The van der Waals surface area contributed by atoms with Gasteiger partial charge >= 0.3 is 5.97 Å². The zero-order chi connectivity index (χ0) is 11.3. The Morgan fingerprint density at radius 3 is 2.47 bits per heavy atom. The molecule has 0 radical (unpaired) electrons. The molecule has 88 valence electrons. The third-order valence-corrected chi connectivity index (χ3v) is 3.54. The third-order valence-electron chi connectivity index (χ3n) is 3.54. The number of ether oxygens (including phenoxy) is 1. The van der Waals surface area contributed by atoms with Crippen LogP contribution in [0.3, 0.4) is 0 Å². The highest BCUT2D eigenvalue weighted by molar-refractivity contribution is 5.70. The molecule has 1 aliphatic heterocycles.